The van der Waals surface area contributed by atoms with E-state index in [0.29, 0.717) is 17.9 Å². The second-order valence-electron chi connectivity index (χ2n) is 10.2. The van der Waals surface area contributed by atoms with E-state index in [1.54, 1.807) is 19.2 Å². The number of aryl methyl sites for hydroxylation is 1. The molecule has 1 aliphatic heterocycles. The Kier molecular flexibility index (Phi) is 8.06. The first-order chi connectivity index (χ1) is 16.5. The minimum absolute atomic E-state index is 0.00391. The van der Waals surface area contributed by atoms with Crippen LogP contribution in [0.25, 0.3) is 5.76 Å². The van der Waals surface area contributed by atoms with Gasteiger partial charge in [-0.15, -0.1) is 0 Å². The average Bonchev–Trinajstić information content (AvgIpc) is 3.07. The maximum Gasteiger partial charge on any atom is 0.295 e. The predicted octanol–water partition coefficient (Wildman–Crippen LogP) is 5.40. The largest absolute Gasteiger partial charge is 0.507 e. The summed E-state index contributed by atoms with van der Waals surface area (Å²) in [6.07, 6.45) is 0.883. The van der Waals surface area contributed by atoms with E-state index in [2.05, 4.69) is 27.7 Å². The van der Waals surface area contributed by atoms with E-state index >= 15 is 0 Å². The summed E-state index contributed by atoms with van der Waals surface area (Å²) < 4.78 is 11.2. The number of carbonyl (C=O) groups is 2. The number of rotatable bonds is 8. The molecule has 1 fully saturated rings. The number of ether oxygens (including phenoxy) is 2. The molecule has 188 valence electrons. The average molecular weight is 480 g/mol. The molecule has 0 spiro atoms. The summed E-state index contributed by atoms with van der Waals surface area (Å²) >= 11 is 0. The molecule has 0 aromatic heterocycles. The van der Waals surface area contributed by atoms with Crippen molar-refractivity contribution in [3.8, 4) is 5.75 Å². The number of ketones is 1. The zero-order valence-electron chi connectivity index (χ0n) is 21.8. The monoisotopic (exact) mass is 479 g/mol. The number of likely N-dealkylation sites (tertiary alicyclic amines) is 1. The van der Waals surface area contributed by atoms with Crippen LogP contribution in [-0.2, 0) is 26.2 Å². The summed E-state index contributed by atoms with van der Waals surface area (Å²) in [6.45, 7) is 12.6. The number of hydrogen-bond acceptors (Lipinski definition) is 5. The number of Topliss-reactive ketones (excluding diaryl/α,β-unsaturated/α-hetero) is 1. The van der Waals surface area contributed by atoms with Crippen LogP contribution in [0.15, 0.2) is 48.0 Å². The van der Waals surface area contributed by atoms with Crippen LogP contribution < -0.4 is 4.74 Å². The zero-order valence-corrected chi connectivity index (χ0v) is 21.8. The van der Waals surface area contributed by atoms with E-state index in [9.17, 15) is 14.7 Å². The van der Waals surface area contributed by atoms with E-state index in [0.717, 1.165) is 23.1 Å². The molecular formula is C29H37NO5. The third-order valence-corrected chi connectivity index (χ3v) is 6.31. The third kappa shape index (κ3) is 5.59. The summed E-state index contributed by atoms with van der Waals surface area (Å²) in [5.74, 6) is -0.807. The number of nitrogens with zero attached hydrogens (tertiary/aromatic N) is 1. The van der Waals surface area contributed by atoms with Crippen molar-refractivity contribution in [3.05, 3.63) is 70.3 Å². The number of aliphatic hydroxyl groups excluding tert-OH is 1. The van der Waals surface area contributed by atoms with Gasteiger partial charge >= 0.3 is 0 Å². The van der Waals surface area contributed by atoms with E-state index in [4.69, 9.17) is 9.47 Å². The number of carbonyl (C=O) groups excluding carboxylic acids is 2. The normalized spacial score (nSPS) is 17.9. The first kappa shape index (κ1) is 26.5. The van der Waals surface area contributed by atoms with Crippen molar-refractivity contribution in [2.45, 2.75) is 65.5 Å². The van der Waals surface area contributed by atoms with Gasteiger partial charge in [-0.05, 0) is 55.0 Å². The van der Waals surface area contributed by atoms with Crippen LogP contribution >= 0.6 is 0 Å². The predicted molar refractivity (Wildman–Crippen MR) is 138 cm³/mol. The highest BCUT2D eigenvalue weighted by Crippen LogP contribution is 2.41. The molecule has 1 heterocycles. The molecule has 1 unspecified atom stereocenters. The fraction of sp³-hybridized carbons (Fsp3) is 0.448. The Morgan fingerprint density at radius 2 is 1.74 bits per heavy atom. The van der Waals surface area contributed by atoms with Gasteiger partial charge in [-0.3, -0.25) is 9.59 Å². The molecule has 1 saturated heterocycles. The van der Waals surface area contributed by atoms with Gasteiger partial charge in [-0.25, -0.2) is 0 Å². The molecule has 0 radical (unpaired) electrons. The smallest absolute Gasteiger partial charge is 0.295 e. The topological polar surface area (TPSA) is 76.1 Å². The lowest BCUT2D eigenvalue weighted by molar-refractivity contribution is -0.140. The van der Waals surface area contributed by atoms with Crippen molar-refractivity contribution in [1.82, 2.24) is 4.90 Å². The summed E-state index contributed by atoms with van der Waals surface area (Å²) in [6, 6.07) is 12.5. The van der Waals surface area contributed by atoms with Crippen molar-refractivity contribution in [2.24, 2.45) is 0 Å². The second kappa shape index (κ2) is 10.6. The molecular weight excluding hydrogens is 442 g/mol. The van der Waals surface area contributed by atoms with E-state index < -0.39 is 17.7 Å². The molecule has 2 aromatic rings. The SMILES string of the molecule is CCc1ccc(C2/C(=C(/O)c3ccc(OC)c(C(C)(C)C)c3)C(=O)C(=O)N2CCOC(C)C)cc1. The summed E-state index contributed by atoms with van der Waals surface area (Å²) in [5.41, 5.74) is 3.14. The maximum absolute atomic E-state index is 13.3. The lowest BCUT2D eigenvalue weighted by Gasteiger charge is -2.26. The Bertz CT molecular complexity index is 1110. The van der Waals surface area contributed by atoms with Gasteiger partial charge in [0.05, 0.1) is 31.4 Å². The van der Waals surface area contributed by atoms with Crippen LogP contribution in [0.5, 0.6) is 5.75 Å². The first-order valence-electron chi connectivity index (χ1n) is 12.2. The molecule has 1 N–H and O–H groups in total. The fourth-order valence-corrected chi connectivity index (χ4v) is 4.38. The van der Waals surface area contributed by atoms with Crippen LogP contribution in [0.3, 0.4) is 0 Å². The Balaban J connectivity index is 2.15. The number of hydrogen-bond donors (Lipinski definition) is 1. The molecule has 1 aliphatic rings. The first-order valence-corrected chi connectivity index (χ1v) is 12.2. The van der Waals surface area contributed by atoms with Gasteiger partial charge in [-0.2, -0.15) is 0 Å². The quantitative estimate of drug-likeness (QED) is 0.312. The maximum atomic E-state index is 13.3. The molecule has 6 nitrogen and oxygen atoms in total. The molecule has 0 saturated carbocycles. The molecule has 0 bridgehead atoms. The van der Waals surface area contributed by atoms with E-state index in [-0.39, 0.29) is 29.4 Å². The second-order valence-corrected chi connectivity index (χ2v) is 10.2. The van der Waals surface area contributed by atoms with Gasteiger partial charge < -0.3 is 19.5 Å². The summed E-state index contributed by atoms with van der Waals surface area (Å²) in [4.78, 5) is 27.9. The lowest BCUT2D eigenvalue weighted by atomic mass is 9.84. The molecule has 3 rings (SSSR count). The van der Waals surface area contributed by atoms with Crippen LogP contribution in [-0.4, -0.2) is 48.1 Å². The third-order valence-electron chi connectivity index (χ3n) is 6.31. The Labute approximate surface area is 208 Å². The molecule has 1 amide bonds. The van der Waals surface area contributed by atoms with Gasteiger partial charge in [0.15, 0.2) is 0 Å². The number of aliphatic hydroxyl groups is 1. The van der Waals surface area contributed by atoms with Gasteiger partial charge in [0, 0.05) is 17.7 Å². The highest BCUT2D eigenvalue weighted by Gasteiger charge is 2.46. The minimum Gasteiger partial charge on any atom is -0.507 e. The van der Waals surface area contributed by atoms with Crippen LogP contribution in [0, 0.1) is 0 Å². The zero-order chi connectivity index (χ0) is 25.9. The van der Waals surface area contributed by atoms with Crippen molar-refractivity contribution < 1.29 is 24.2 Å². The highest BCUT2D eigenvalue weighted by molar-refractivity contribution is 6.46. The fourth-order valence-electron chi connectivity index (χ4n) is 4.38. The highest BCUT2D eigenvalue weighted by atomic mass is 16.5. The minimum atomic E-state index is -0.697. The lowest BCUT2D eigenvalue weighted by Crippen LogP contribution is -2.33. The Morgan fingerprint density at radius 3 is 2.29 bits per heavy atom. The molecule has 0 aliphatic carbocycles. The Hall–Kier alpha value is -3.12. The number of amides is 1. The Morgan fingerprint density at radius 1 is 1.09 bits per heavy atom. The standard InChI is InChI=1S/C29H37NO5/c1-8-19-9-11-20(12-10-19)25-24(27(32)28(33)30(25)15-16-35-18(2)3)26(31)21-13-14-23(34-7)22(17-21)29(4,5)6/h9-14,17-18,25,31H,8,15-16H2,1-7H3/b26-24-. The van der Waals surface area contributed by atoms with E-state index in [1.165, 1.54) is 4.90 Å². The molecule has 35 heavy (non-hydrogen) atoms. The van der Waals surface area contributed by atoms with Crippen LogP contribution in [0.1, 0.15) is 69.8 Å². The summed E-state index contributed by atoms with van der Waals surface area (Å²) in [5, 5.41) is 11.4. The van der Waals surface area contributed by atoms with Crippen molar-refractivity contribution in [3.63, 3.8) is 0 Å². The van der Waals surface area contributed by atoms with Crippen LogP contribution in [0.2, 0.25) is 0 Å². The van der Waals surface area contributed by atoms with Gasteiger partial charge in [0.1, 0.15) is 11.5 Å². The van der Waals surface area contributed by atoms with Crippen molar-refractivity contribution >= 4 is 17.4 Å². The molecule has 1 atom stereocenters. The molecule has 6 heteroatoms. The van der Waals surface area contributed by atoms with Gasteiger partial charge in [0.25, 0.3) is 11.7 Å². The summed E-state index contributed by atoms with van der Waals surface area (Å²) in [7, 11) is 1.61. The van der Waals surface area contributed by atoms with Crippen molar-refractivity contribution in [1.29, 1.82) is 0 Å². The van der Waals surface area contributed by atoms with Crippen LogP contribution in [0.4, 0.5) is 0 Å². The number of benzene rings is 2. The molecule has 2 aromatic carbocycles. The van der Waals surface area contributed by atoms with Crippen molar-refractivity contribution in [2.75, 3.05) is 20.3 Å². The van der Waals surface area contributed by atoms with Gasteiger partial charge in [-0.1, -0.05) is 52.0 Å². The number of methoxy groups -OCH3 is 1. The van der Waals surface area contributed by atoms with Gasteiger partial charge in [0.2, 0.25) is 0 Å². The van der Waals surface area contributed by atoms with E-state index in [1.807, 2.05) is 44.2 Å².